The van der Waals surface area contributed by atoms with Gasteiger partial charge in [0.2, 0.25) is 0 Å². The Balaban J connectivity index is 1.46. The van der Waals surface area contributed by atoms with Crippen LogP contribution in [0, 0.1) is 0 Å². The molecule has 6 heteroatoms. The zero-order valence-corrected chi connectivity index (χ0v) is 15.4. The van der Waals surface area contributed by atoms with Gasteiger partial charge in [-0.25, -0.2) is 0 Å². The van der Waals surface area contributed by atoms with E-state index in [0.29, 0.717) is 15.8 Å². The highest BCUT2D eigenvalue weighted by Crippen LogP contribution is 2.31. The Labute approximate surface area is 153 Å². The number of rotatable bonds is 4. The van der Waals surface area contributed by atoms with Crippen molar-refractivity contribution in [2.45, 2.75) is 38.1 Å². The topological polar surface area (TPSA) is 32.8 Å². The van der Waals surface area contributed by atoms with Crippen molar-refractivity contribution in [1.29, 1.82) is 0 Å². The molecule has 132 valence electrons. The summed E-state index contributed by atoms with van der Waals surface area (Å²) < 4.78 is 5.55. The summed E-state index contributed by atoms with van der Waals surface area (Å²) >= 11 is 12.0. The molecule has 0 unspecified atom stereocenters. The van der Waals surface area contributed by atoms with Crippen LogP contribution < -0.4 is 4.74 Å². The summed E-state index contributed by atoms with van der Waals surface area (Å²) in [5.74, 6) is 0.465. The lowest BCUT2D eigenvalue weighted by Gasteiger charge is -2.40. The number of hydrogen-bond acceptors (Lipinski definition) is 3. The van der Waals surface area contributed by atoms with Crippen LogP contribution in [0.1, 0.15) is 32.1 Å². The zero-order chi connectivity index (χ0) is 16.9. The third-order valence-corrected chi connectivity index (χ3v) is 5.83. The first kappa shape index (κ1) is 17.8. The normalized spacial score (nSPS) is 20.2. The van der Waals surface area contributed by atoms with Gasteiger partial charge < -0.3 is 9.64 Å². The van der Waals surface area contributed by atoms with E-state index in [1.54, 1.807) is 18.2 Å². The van der Waals surface area contributed by atoms with E-state index < -0.39 is 0 Å². The summed E-state index contributed by atoms with van der Waals surface area (Å²) in [7, 11) is 0. The smallest absolute Gasteiger partial charge is 0.260 e. The average molecular weight is 371 g/mol. The predicted octanol–water partition coefficient (Wildman–Crippen LogP) is 3.85. The Kier molecular flexibility index (Phi) is 6.25. The van der Waals surface area contributed by atoms with Crippen molar-refractivity contribution in [2.75, 3.05) is 32.8 Å². The van der Waals surface area contributed by atoms with E-state index in [0.717, 1.165) is 32.2 Å². The Morgan fingerprint density at radius 3 is 2.50 bits per heavy atom. The molecule has 2 fully saturated rings. The first-order valence-electron chi connectivity index (χ1n) is 8.74. The average Bonchev–Trinajstić information content (AvgIpc) is 2.63. The van der Waals surface area contributed by atoms with Gasteiger partial charge in [0, 0.05) is 32.2 Å². The van der Waals surface area contributed by atoms with Crippen LogP contribution in [0.3, 0.4) is 0 Å². The first-order chi connectivity index (χ1) is 11.6. The fraction of sp³-hybridized carbons (Fsp3) is 0.611. The van der Waals surface area contributed by atoms with E-state index in [-0.39, 0.29) is 12.5 Å². The lowest BCUT2D eigenvalue weighted by molar-refractivity contribution is -0.135. The highest BCUT2D eigenvalue weighted by atomic mass is 35.5. The third-order valence-electron chi connectivity index (χ3n) is 5.03. The van der Waals surface area contributed by atoms with E-state index in [1.807, 2.05) is 4.90 Å². The number of ether oxygens (including phenoxy) is 1. The highest BCUT2D eigenvalue weighted by Gasteiger charge is 2.27. The van der Waals surface area contributed by atoms with Gasteiger partial charge in [-0.15, -0.1) is 0 Å². The van der Waals surface area contributed by atoms with Crippen LogP contribution >= 0.6 is 23.2 Å². The van der Waals surface area contributed by atoms with E-state index in [9.17, 15) is 4.79 Å². The minimum atomic E-state index is 0.00346. The molecular weight excluding hydrogens is 347 g/mol. The molecule has 3 rings (SSSR count). The van der Waals surface area contributed by atoms with Crippen LogP contribution in [0.2, 0.25) is 10.0 Å². The van der Waals surface area contributed by atoms with Gasteiger partial charge in [0.15, 0.2) is 6.61 Å². The Morgan fingerprint density at radius 2 is 1.79 bits per heavy atom. The molecular formula is C18H24Cl2N2O2. The molecule has 4 nitrogen and oxygen atoms in total. The molecule has 0 radical (unpaired) electrons. The Hall–Kier alpha value is -0.970. The molecule has 1 heterocycles. The standard InChI is InChI=1S/C18H24Cl2N2O2/c19-15-7-4-8-16(18(15)20)24-13-17(23)22-11-9-21(10-12-22)14-5-2-1-3-6-14/h4,7-8,14H,1-3,5-6,9-13H2. The number of amides is 1. The monoisotopic (exact) mass is 370 g/mol. The molecule has 0 spiro atoms. The Morgan fingerprint density at radius 1 is 1.08 bits per heavy atom. The minimum Gasteiger partial charge on any atom is -0.482 e. The van der Waals surface area contributed by atoms with Gasteiger partial charge in [-0.05, 0) is 25.0 Å². The van der Waals surface area contributed by atoms with Gasteiger partial charge in [-0.3, -0.25) is 9.69 Å². The van der Waals surface area contributed by atoms with Gasteiger partial charge in [-0.1, -0.05) is 48.5 Å². The van der Waals surface area contributed by atoms with E-state index in [1.165, 1.54) is 32.1 Å². The SMILES string of the molecule is O=C(COc1cccc(Cl)c1Cl)N1CCN(C2CCCCC2)CC1. The quantitative estimate of drug-likeness (QED) is 0.806. The maximum Gasteiger partial charge on any atom is 0.260 e. The number of benzene rings is 1. The number of carbonyl (C=O) groups is 1. The molecule has 1 aromatic carbocycles. The van der Waals surface area contributed by atoms with Gasteiger partial charge in [0.25, 0.3) is 5.91 Å². The van der Waals surface area contributed by atoms with Crippen LogP contribution in [0.25, 0.3) is 0 Å². The minimum absolute atomic E-state index is 0.00346. The Bertz CT molecular complexity index is 568. The molecule has 0 bridgehead atoms. The second-order valence-electron chi connectivity index (χ2n) is 6.55. The second-order valence-corrected chi connectivity index (χ2v) is 7.33. The van der Waals surface area contributed by atoms with Crippen molar-refractivity contribution in [3.05, 3.63) is 28.2 Å². The predicted molar refractivity (Wildman–Crippen MR) is 97.0 cm³/mol. The maximum atomic E-state index is 12.4. The summed E-state index contributed by atoms with van der Waals surface area (Å²) in [5.41, 5.74) is 0. The molecule has 1 aromatic rings. The summed E-state index contributed by atoms with van der Waals surface area (Å²) in [6.07, 6.45) is 6.68. The van der Waals surface area contributed by atoms with Gasteiger partial charge >= 0.3 is 0 Å². The fourth-order valence-corrected chi connectivity index (χ4v) is 3.96. The van der Waals surface area contributed by atoms with Crippen LogP contribution in [0.4, 0.5) is 0 Å². The molecule has 24 heavy (non-hydrogen) atoms. The maximum absolute atomic E-state index is 12.4. The number of nitrogens with zero attached hydrogens (tertiary/aromatic N) is 2. The van der Waals surface area contributed by atoms with Crippen molar-refractivity contribution in [2.24, 2.45) is 0 Å². The molecule has 1 saturated carbocycles. The van der Waals surface area contributed by atoms with Crippen LogP contribution in [-0.2, 0) is 4.79 Å². The molecule has 1 amide bonds. The van der Waals surface area contributed by atoms with Gasteiger partial charge in [0.05, 0.1) is 5.02 Å². The van der Waals surface area contributed by atoms with Gasteiger partial charge in [0.1, 0.15) is 10.8 Å². The zero-order valence-electron chi connectivity index (χ0n) is 13.8. The summed E-state index contributed by atoms with van der Waals surface area (Å²) in [5, 5.41) is 0.789. The molecule has 1 aliphatic heterocycles. The number of halogens is 2. The number of piperazine rings is 1. The fourth-order valence-electron chi connectivity index (χ4n) is 3.61. The van der Waals surface area contributed by atoms with Crippen LogP contribution in [-0.4, -0.2) is 54.5 Å². The van der Waals surface area contributed by atoms with Crippen LogP contribution in [0.5, 0.6) is 5.75 Å². The summed E-state index contributed by atoms with van der Waals surface area (Å²) in [6, 6.07) is 5.90. The van der Waals surface area contributed by atoms with E-state index >= 15 is 0 Å². The molecule has 0 aromatic heterocycles. The van der Waals surface area contributed by atoms with Crippen molar-refractivity contribution >= 4 is 29.1 Å². The number of hydrogen-bond donors (Lipinski definition) is 0. The molecule has 1 aliphatic carbocycles. The van der Waals surface area contributed by atoms with Crippen molar-refractivity contribution in [3.8, 4) is 5.75 Å². The lowest BCUT2D eigenvalue weighted by atomic mass is 9.94. The van der Waals surface area contributed by atoms with E-state index in [4.69, 9.17) is 27.9 Å². The van der Waals surface area contributed by atoms with Crippen molar-refractivity contribution < 1.29 is 9.53 Å². The summed E-state index contributed by atoms with van der Waals surface area (Å²) in [4.78, 5) is 16.8. The molecule has 0 atom stereocenters. The van der Waals surface area contributed by atoms with Gasteiger partial charge in [-0.2, -0.15) is 0 Å². The summed E-state index contributed by atoms with van der Waals surface area (Å²) in [6.45, 7) is 3.50. The van der Waals surface area contributed by atoms with E-state index in [2.05, 4.69) is 4.90 Å². The number of carbonyl (C=O) groups excluding carboxylic acids is 1. The molecule has 2 aliphatic rings. The second kappa shape index (κ2) is 8.41. The molecule has 0 N–H and O–H groups in total. The lowest BCUT2D eigenvalue weighted by Crippen LogP contribution is -2.53. The molecule has 1 saturated heterocycles. The largest absolute Gasteiger partial charge is 0.482 e. The van der Waals surface area contributed by atoms with Crippen molar-refractivity contribution in [1.82, 2.24) is 9.80 Å². The van der Waals surface area contributed by atoms with Crippen LogP contribution in [0.15, 0.2) is 18.2 Å². The van der Waals surface area contributed by atoms with Crippen molar-refractivity contribution in [3.63, 3.8) is 0 Å². The highest BCUT2D eigenvalue weighted by molar-refractivity contribution is 6.42. The third kappa shape index (κ3) is 4.35. The first-order valence-corrected chi connectivity index (χ1v) is 9.49.